The number of benzene rings is 3. The number of hydrogen-bond acceptors (Lipinski definition) is 16. The zero-order valence-electron chi connectivity index (χ0n) is 40.5. The van der Waals surface area contributed by atoms with Crippen molar-refractivity contribution in [1.29, 1.82) is 0 Å². The highest BCUT2D eigenvalue weighted by atomic mass is 35.5. The number of piperidine rings is 1. The number of fused-ring (bicyclic) bond motifs is 2. The van der Waals surface area contributed by atoms with Gasteiger partial charge in [-0.15, -0.1) is 0 Å². The highest BCUT2D eigenvalue weighted by Crippen LogP contribution is 2.35. The molecule has 0 spiro atoms. The van der Waals surface area contributed by atoms with Gasteiger partial charge < -0.3 is 80.8 Å². The summed E-state index contributed by atoms with van der Waals surface area (Å²) in [5, 5.41) is 51.5. The molecule has 3 aromatic rings. The third-order valence-electron chi connectivity index (χ3n) is 12.1. The summed E-state index contributed by atoms with van der Waals surface area (Å²) >= 11 is 6.05. The number of carbonyl (C=O) groups is 9. The molecule has 75 heavy (non-hydrogen) atoms. The lowest BCUT2D eigenvalue weighted by atomic mass is 9.94. The Kier molecular flexibility index (Phi) is 22.6. The lowest BCUT2D eigenvalue weighted by molar-refractivity contribution is -0.140. The van der Waals surface area contributed by atoms with Crippen molar-refractivity contribution in [3.05, 3.63) is 94.5 Å². The largest absolute Gasteiger partial charge is 0.508 e. The van der Waals surface area contributed by atoms with Crippen LogP contribution in [0.2, 0.25) is 5.02 Å². The maximum Gasteiger partial charge on any atom is 0.312 e. The van der Waals surface area contributed by atoms with Gasteiger partial charge >= 0.3 is 6.03 Å². The third kappa shape index (κ3) is 18.2. The zero-order valence-corrected chi connectivity index (χ0v) is 42.9. The van der Waals surface area contributed by atoms with Crippen molar-refractivity contribution in [1.82, 2.24) is 42.5 Å². The van der Waals surface area contributed by atoms with Crippen molar-refractivity contribution in [2.45, 2.75) is 111 Å². The zero-order chi connectivity index (χ0) is 54.8. The Balaban J connectivity index is 1.55. The van der Waals surface area contributed by atoms with E-state index in [0.29, 0.717) is 34.6 Å². The van der Waals surface area contributed by atoms with Crippen molar-refractivity contribution >= 4 is 86.5 Å². The first-order chi connectivity index (χ1) is 35.7. The quantitative estimate of drug-likeness (QED) is 0.0443. The van der Waals surface area contributed by atoms with Crippen LogP contribution >= 0.6 is 33.2 Å². The van der Waals surface area contributed by atoms with E-state index < -0.39 is 113 Å². The third-order valence-corrected chi connectivity index (χ3v) is 15.3. The fraction of sp³-hybridized carbons (Fsp3) is 0.438. The van der Waals surface area contributed by atoms with E-state index in [1.165, 1.54) is 48.5 Å². The SMILES string of the molecule is NCCCC[C@@H]1NC(=O)[C@@H](CCCNC(N)=O)NC(=O)[C@H](Cc2ccc(O)cc2)NC(=O)[C@H](NC(=O)[C@@H](N)Cc2ccc(Cl)cc2)CSSC2[C@@H](C(=O)N[C@H](Cc3ccc(O)cc3)C(N)=O)NC(=O)[C@@H](NC1=O)[C@@H]2O. The minimum Gasteiger partial charge on any atom is -0.508 e. The second-order valence-electron chi connectivity index (χ2n) is 17.9. The fourth-order valence-electron chi connectivity index (χ4n) is 8.01. The number of unbranched alkanes of at least 4 members (excludes halogenated alkanes) is 1. The molecule has 406 valence electrons. The van der Waals surface area contributed by atoms with Crippen molar-refractivity contribution in [2.24, 2.45) is 22.9 Å². The Morgan fingerprint density at radius 2 is 1.24 bits per heavy atom. The molecule has 24 nitrogen and oxygen atoms in total. The molecule has 2 saturated heterocycles. The topological polar surface area (TPSA) is 415 Å². The Labute approximate surface area is 444 Å². The highest BCUT2D eigenvalue weighted by Gasteiger charge is 2.49. The van der Waals surface area contributed by atoms with Crippen LogP contribution in [-0.2, 0) is 57.6 Å². The fourth-order valence-corrected chi connectivity index (χ4v) is 11.1. The summed E-state index contributed by atoms with van der Waals surface area (Å²) in [5.41, 5.74) is 24.6. The van der Waals surface area contributed by atoms with Gasteiger partial charge in [0.25, 0.3) is 0 Å². The van der Waals surface area contributed by atoms with Gasteiger partial charge in [-0.25, -0.2) is 4.79 Å². The number of carbonyl (C=O) groups excluding carboxylic acids is 9. The molecule has 2 bridgehead atoms. The summed E-state index contributed by atoms with van der Waals surface area (Å²) in [5.74, 6) is -7.89. The standard InChI is InChI=1S/C48H63ClN12O12S2/c49-27-12-6-24(7-13-27)20-30(51)41(66)59-35-23-74-75-39-37(47(72)57-33(40(52)65)21-25-8-14-28(62)15-9-25)61-46(71)36(38(39)64)60-43(68)31(4-1-2-18-50)55-42(67)32(5-3-19-54-48(53)73)56-44(69)34(58-45(35)70)22-26-10-16-29(63)17-11-26/h6-17,30-39,62-64H,1-5,18-23,50-51H2,(H2,52,65)(H,55,67)(H,56,69)(H,57,72)(H,58,70)(H,59,66)(H,60,68)(H,61,71)(H3,53,54,73)/t30-,31-,32+,33+,34-,35+,36-,37-,38-,39?/m0/s1. The van der Waals surface area contributed by atoms with Crippen LogP contribution in [0.4, 0.5) is 4.79 Å². The molecule has 2 aliphatic rings. The summed E-state index contributed by atoms with van der Waals surface area (Å²) in [4.78, 5) is 124. The molecule has 0 radical (unpaired) electrons. The van der Waals surface area contributed by atoms with E-state index in [2.05, 4.69) is 42.5 Å². The number of nitrogens with one attached hydrogen (secondary N) is 8. The number of urea groups is 1. The molecule has 3 aromatic carbocycles. The average molecular weight is 1100 g/mol. The summed E-state index contributed by atoms with van der Waals surface area (Å²) < 4.78 is 0. The first-order valence-corrected chi connectivity index (χ1v) is 26.7. The minimum absolute atomic E-state index is 0.00825. The molecule has 2 aliphatic heterocycles. The maximum atomic E-state index is 14.6. The summed E-state index contributed by atoms with van der Waals surface area (Å²) in [6.07, 6.45) is -1.64. The van der Waals surface area contributed by atoms with Gasteiger partial charge in [-0.05, 0) is 98.2 Å². The van der Waals surface area contributed by atoms with Crippen molar-refractivity contribution in [3.63, 3.8) is 0 Å². The van der Waals surface area contributed by atoms with Crippen LogP contribution in [-0.4, -0.2) is 147 Å². The van der Waals surface area contributed by atoms with Gasteiger partial charge in [0.15, 0.2) is 0 Å². The number of hydrogen-bond donors (Lipinski definition) is 15. The molecule has 5 rings (SSSR count). The van der Waals surface area contributed by atoms with E-state index in [9.17, 15) is 58.5 Å². The summed E-state index contributed by atoms with van der Waals surface area (Å²) in [6, 6.07) is 5.32. The van der Waals surface area contributed by atoms with Gasteiger partial charge in [-0.2, -0.15) is 0 Å². The maximum absolute atomic E-state index is 14.6. The predicted molar refractivity (Wildman–Crippen MR) is 279 cm³/mol. The van der Waals surface area contributed by atoms with Crippen LogP contribution in [0.5, 0.6) is 11.5 Å². The van der Waals surface area contributed by atoms with Gasteiger partial charge in [0.2, 0.25) is 47.3 Å². The van der Waals surface area contributed by atoms with E-state index in [1.807, 2.05) is 0 Å². The lowest BCUT2D eigenvalue weighted by Crippen LogP contribution is -2.71. The second kappa shape index (κ2) is 28.7. The van der Waals surface area contributed by atoms with Gasteiger partial charge in [0.05, 0.1) is 17.4 Å². The van der Waals surface area contributed by atoms with Crippen LogP contribution in [0.1, 0.15) is 48.8 Å². The van der Waals surface area contributed by atoms with Crippen molar-refractivity contribution in [3.8, 4) is 11.5 Å². The number of nitrogens with two attached hydrogens (primary N) is 4. The Hall–Kier alpha value is -6.84. The Morgan fingerprint density at radius 1 is 0.693 bits per heavy atom. The molecule has 0 saturated carbocycles. The Morgan fingerprint density at radius 3 is 1.84 bits per heavy atom. The van der Waals surface area contributed by atoms with E-state index in [0.717, 1.165) is 21.6 Å². The number of aliphatic hydroxyl groups is 1. The molecule has 0 aromatic heterocycles. The van der Waals surface area contributed by atoms with E-state index >= 15 is 0 Å². The van der Waals surface area contributed by atoms with Crippen LogP contribution in [0.25, 0.3) is 0 Å². The number of phenolic OH excluding ortho intramolecular Hbond substituents is 2. The summed E-state index contributed by atoms with van der Waals surface area (Å²) in [6.45, 7) is 0.189. The van der Waals surface area contributed by atoms with Crippen molar-refractivity contribution < 1.29 is 58.5 Å². The van der Waals surface area contributed by atoms with Crippen LogP contribution < -0.4 is 65.5 Å². The van der Waals surface area contributed by atoms with Gasteiger partial charge in [0, 0.05) is 30.2 Å². The van der Waals surface area contributed by atoms with E-state index in [4.69, 9.17) is 34.5 Å². The van der Waals surface area contributed by atoms with E-state index in [1.54, 1.807) is 24.3 Å². The molecule has 10 atom stereocenters. The molecule has 10 amide bonds. The van der Waals surface area contributed by atoms with Gasteiger partial charge in [0.1, 0.15) is 53.8 Å². The molecular formula is C48H63ClN12O12S2. The number of phenols is 2. The van der Waals surface area contributed by atoms with Crippen LogP contribution in [0.3, 0.4) is 0 Å². The first-order valence-electron chi connectivity index (χ1n) is 23.9. The number of halogens is 1. The number of primary amides is 2. The van der Waals surface area contributed by atoms with Crippen LogP contribution in [0, 0.1) is 0 Å². The molecule has 27 heteroatoms. The second-order valence-corrected chi connectivity index (χ2v) is 20.9. The van der Waals surface area contributed by atoms with E-state index in [-0.39, 0.29) is 68.9 Å². The molecule has 0 aliphatic carbocycles. The monoisotopic (exact) mass is 1100 g/mol. The molecule has 1 unspecified atom stereocenters. The first kappa shape index (κ1) is 59.0. The highest BCUT2D eigenvalue weighted by molar-refractivity contribution is 8.77. The number of amides is 10. The molecule has 2 heterocycles. The van der Waals surface area contributed by atoms with Crippen molar-refractivity contribution in [2.75, 3.05) is 18.8 Å². The predicted octanol–water partition coefficient (Wildman–Crippen LogP) is -2.30. The molecule has 19 N–H and O–H groups in total. The number of rotatable bonds is 19. The van der Waals surface area contributed by atoms with Gasteiger partial charge in [-0.1, -0.05) is 69.6 Å². The van der Waals surface area contributed by atoms with Gasteiger partial charge in [-0.3, -0.25) is 38.4 Å². The molecule has 2 fully saturated rings. The summed E-state index contributed by atoms with van der Waals surface area (Å²) in [7, 11) is 1.65. The minimum atomic E-state index is -1.88. The number of aromatic hydroxyl groups is 2. The lowest BCUT2D eigenvalue weighted by Gasteiger charge is -2.40. The van der Waals surface area contributed by atoms with Crippen LogP contribution in [0.15, 0.2) is 72.8 Å². The smallest absolute Gasteiger partial charge is 0.312 e. The average Bonchev–Trinajstić information content (AvgIpc) is 3.36. The Bertz CT molecular complexity index is 2500. The normalized spacial score (nSPS) is 23.5. The number of aliphatic hydroxyl groups excluding tert-OH is 1. The molecular weight excluding hydrogens is 1040 g/mol.